The zero-order valence-electron chi connectivity index (χ0n) is 8.46. The molecule has 0 N–H and O–H groups in total. The highest BCUT2D eigenvalue weighted by Crippen LogP contribution is 2.61. The highest BCUT2D eigenvalue weighted by atomic mass is 16.5. The summed E-state index contributed by atoms with van der Waals surface area (Å²) >= 11 is 0. The normalized spacial score (nSPS) is 46.4. The molecule has 3 aliphatic rings. The summed E-state index contributed by atoms with van der Waals surface area (Å²) in [5, 5.41) is 0. The first kappa shape index (κ1) is 8.25. The second kappa shape index (κ2) is 2.71. The highest BCUT2D eigenvalue weighted by Gasteiger charge is 2.62. The first-order valence-corrected chi connectivity index (χ1v) is 5.67. The van der Waals surface area contributed by atoms with Crippen LogP contribution in [0.2, 0.25) is 0 Å². The molecule has 2 heteroatoms. The van der Waals surface area contributed by atoms with Crippen molar-refractivity contribution < 1.29 is 4.74 Å². The van der Waals surface area contributed by atoms with Crippen molar-refractivity contribution in [2.75, 3.05) is 26.3 Å². The first-order valence-electron chi connectivity index (χ1n) is 5.67. The van der Waals surface area contributed by atoms with Crippen LogP contribution in [-0.4, -0.2) is 36.7 Å². The molecule has 2 atom stereocenters. The summed E-state index contributed by atoms with van der Waals surface area (Å²) in [6, 6.07) is 0. The lowest BCUT2D eigenvalue weighted by atomic mass is 10.1. The predicted molar refractivity (Wildman–Crippen MR) is 51.6 cm³/mol. The van der Waals surface area contributed by atoms with Gasteiger partial charge in [0.25, 0.3) is 0 Å². The fourth-order valence-electron chi connectivity index (χ4n) is 3.26. The van der Waals surface area contributed by atoms with E-state index in [9.17, 15) is 0 Å². The zero-order valence-corrected chi connectivity index (χ0v) is 8.46. The van der Waals surface area contributed by atoms with E-state index >= 15 is 0 Å². The second-order valence-electron chi connectivity index (χ2n) is 4.97. The van der Waals surface area contributed by atoms with Gasteiger partial charge in [-0.25, -0.2) is 0 Å². The largest absolute Gasteiger partial charge is 0.379 e. The van der Waals surface area contributed by atoms with Gasteiger partial charge in [0.15, 0.2) is 0 Å². The molecule has 74 valence electrons. The number of morpholine rings is 1. The van der Waals surface area contributed by atoms with Crippen LogP contribution >= 0.6 is 0 Å². The van der Waals surface area contributed by atoms with E-state index in [2.05, 4.69) is 11.8 Å². The third-order valence-electron chi connectivity index (χ3n) is 4.21. The predicted octanol–water partition coefficient (Wildman–Crippen LogP) is 1.51. The minimum atomic E-state index is 0.643. The lowest BCUT2D eigenvalue weighted by Gasteiger charge is -2.36. The topological polar surface area (TPSA) is 12.5 Å². The van der Waals surface area contributed by atoms with E-state index in [0.29, 0.717) is 5.54 Å². The maximum absolute atomic E-state index is 5.42. The van der Waals surface area contributed by atoms with Crippen molar-refractivity contribution in [3.63, 3.8) is 0 Å². The van der Waals surface area contributed by atoms with Crippen LogP contribution in [0.5, 0.6) is 0 Å². The van der Waals surface area contributed by atoms with E-state index < -0.39 is 0 Å². The van der Waals surface area contributed by atoms with Crippen molar-refractivity contribution in [1.82, 2.24) is 4.90 Å². The molecular formula is C11H19NO. The molecule has 2 nitrogen and oxygen atoms in total. The molecule has 0 aromatic rings. The number of ether oxygens (including phenoxy) is 1. The quantitative estimate of drug-likeness (QED) is 0.640. The van der Waals surface area contributed by atoms with Crippen molar-refractivity contribution in [2.45, 2.75) is 31.7 Å². The Bertz CT molecular complexity index is 208. The van der Waals surface area contributed by atoms with E-state index in [4.69, 9.17) is 4.74 Å². The maximum Gasteiger partial charge on any atom is 0.0594 e. The Labute approximate surface area is 80.2 Å². The fourth-order valence-corrected chi connectivity index (χ4v) is 3.26. The van der Waals surface area contributed by atoms with Crippen LogP contribution in [0.1, 0.15) is 26.2 Å². The van der Waals surface area contributed by atoms with Crippen LogP contribution in [0.4, 0.5) is 0 Å². The van der Waals surface area contributed by atoms with Gasteiger partial charge in [-0.2, -0.15) is 0 Å². The molecule has 0 bridgehead atoms. The summed E-state index contributed by atoms with van der Waals surface area (Å²) in [5.74, 6) is 2.00. The van der Waals surface area contributed by atoms with E-state index in [1.165, 1.54) is 32.4 Å². The third-order valence-corrected chi connectivity index (χ3v) is 4.21. The fraction of sp³-hybridized carbons (Fsp3) is 1.00. The van der Waals surface area contributed by atoms with Gasteiger partial charge in [-0.05, 0) is 31.1 Å². The SMILES string of the molecule is CC1CC1(C1CC1)N1CCOCC1. The lowest BCUT2D eigenvalue weighted by Crippen LogP contribution is -2.47. The first-order chi connectivity index (χ1) is 6.34. The molecular weight excluding hydrogens is 162 g/mol. The van der Waals surface area contributed by atoms with Gasteiger partial charge in [-0.15, -0.1) is 0 Å². The van der Waals surface area contributed by atoms with E-state index in [1.807, 2.05) is 0 Å². The Balaban J connectivity index is 1.73. The van der Waals surface area contributed by atoms with Gasteiger partial charge >= 0.3 is 0 Å². The Morgan fingerprint density at radius 1 is 1.23 bits per heavy atom. The smallest absolute Gasteiger partial charge is 0.0594 e. The molecule has 0 spiro atoms. The van der Waals surface area contributed by atoms with Crippen molar-refractivity contribution >= 4 is 0 Å². The lowest BCUT2D eigenvalue weighted by molar-refractivity contribution is -0.000195. The molecule has 1 heterocycles. The van der Waals surface area contributed by atoms with Gasteiger partial charge in [0.05, 0.1) is 13.2 Å². The number of hydrogen-bond donors (Lipinski definition) is 0. The van der Waals surface area contributed by atoms with Crippen LogP contribution < -0.4 is 0 Å². The summed E-state index contributed by atoms with van der Waals surface area (Å²) in [6.45, 7) is 6.71. The molecule has 2 saturated carbocycles. The van der Waals surface area contributed by atoms with Crippen molar-refractivity contribution in [2.24, 2.45) is 11.8 Å². The summed E-state index contributed by atoms with van der Waals surface area (Å²) < 4.78 is 5.42. The van der Waals surface area contributed by atoms with Crippen molar-refractivity contribution in [3.05, 3.63) is 0 Å². The Morgan fingerprint density at radius 3 is 2.31 bits per heavy atom. The van der Waals surface area contributed by atoms with E-state index in [1.54, 1.807) is 0 Å². The molecule has 0 radical (unpaired) electrons. The molecule has 1 saturated heterocycles. The van der Waals surface area contributed by atoms with Gasteiger partial charge in [0, 0.05) is 18.6 Å². The summed E-state index contributed by atoms with van der Waals surface area (Å²) in [5.41, 5.74) is 0.643. The minimum absolute atomic E-state index is 0.643. The van der Waals surface area contributed by atoms with Gasteiger partial charge in [-0.1, -0.05) is 6.92 Å². The van der Waals surface area contributed by atoms with Crippen molar-refractivity contribution in [3.8, 4) is 0 Å². The maximum atomic E-state index is 5.42. The monoisotopic (exact) mass is 181 g/mol. The van der Waals surface area contributed by atoms with Gasteiger partial charge in [0.2, 0.25) is 0 Å². The molecule has 2 aliphatic carbocycles. The Hall–Kier alpha value is -0.0800. The third kappa shape index (κ3) is 1.15. The van der Waals surface area contributed by atoms with Crippen LogP contribution in [0, 0.1) is 11.8 Å². The Kier molecular flexibility index (Phi) is 1.72. The number of nitrogens with zero attached hydrogens (tertiary/aromatic N) is 1. The van der Waals surface area contributed by atoms with Gasteiger partial charge in [-0.3, -0.25) is 4.90 Å². The van der Waals surface area contributed by atoms with E-state index in [0.717, 1.165) is 25.0 Å². The minimum Gasteiger partial charge on any atom is -0.379 e. The average Bonchev–Trinajstić information content (AvgIpc) is 3.00. The zero-order chi connectivity index (χ0) is 8.89. The van der Waals surface area contributed by atoms with Crippen LogP contribution in [-0.2, 0) is 4.74 Å². The molecule has 0 aromatic heterocycles. The highest BCUT2D eigenvalue weighted by molar-refractivity contribution is 5.17. The molecule has 2 unspecified atom stereocenters. The number of rotatable bonds is 2. The molecule has 0 amide bonds. The van der Waals surface area contributed by atoms with Gasteiger partial charge < -0.3 is 4.74 Å². The molecule has 0 aromatic carbocycles. The van der Waals surface area contributed by atoms with Gasteiger partial charge in [0.1, 0.15) is 0 Å². The Morgan fingerprint density at radius 2 is 1.85 bits per heavy atom. The van der Waals surface area contributed by atoms with Crippen LogP contribution in [0.25, 0.3) is 0 Å². The summed E-state index contributed by atoms with van der Waals surface area (Å²) in [7, 11) is 0. The van der Waals surface area contributed by atoms with Crippen LogP contribution in [0.15, 0.2) is 0 Å². The van der Waals surface area contributed by atoms with Crippen molar-refractivity contribution in [1.29, 1.82) is 0 Å². The molecule has 1 aliphatic heterocycles. The molecule has 3 rings (SSSR count). The van der Waals surface area contributed by atoms with Crippen LogP contribution in [0.3, 0.4) is 0 Å². The molecule has 13 heavy (non-hydrogen) atoms. The average molecular weight is 181 g/mol. The van der Waals surface area contributed by atoms with E-state index in [-0.39, 0.29) is 0 Å². The second-order valence-corrected chi connectivity index (χ2v) is 4.97. The standard InChI is InChI=1S/C11H19NO/c1-9-8-11(9,10-2-3-10)12-4-6-13-7-5-12/h9-10H,2-8H2,1H3. The number of hydrogen-bond acceptors (Lipinski definition) is 2. The summed E-state index contributed by atoms with van der Waals surface area (Å²) in [4.78, 5) is 2.72. The molecule has 3 fully saturated rings. The summed E-state index contributed by atoms with van der Waals surface area (Å²) in [6.07, 6.45) is 4.43.